The maximum absolute atomic E-state index is 4.45. The van der Waals surface area contributed by atoms with Gasteiger partial charge in [-0.2, -0.15) is 5.10 Å². The number of nitrogens with one attached hydrogen (secondary N) is 1. The molecule has 0 saturated carbocycles. The van der Waals surface area contributed by atoms with Crippen molar-refractivity contribution in [2.45, 2.75) is 38.9 Å². The van der Waals surface area contributed by atoms with E-state index in [-0.39, 0.29) is 0 Å². The summed E-state index contributed by atoms with van der Waals surface area (Å²) in [6.07, 6.45) is 5.24. The van der Waals surface area contributed by atoms with Gasteiger partial charge in [0.2, 0.25) is 0 Å². The van der Waals surface area contributed by atoms with Crippen LogP contribution < -0.4 is 5.32 Å². The van der Waals surface area contributed by atoms with Gasteiger partial charge in [0.05, 0.1) is 18.4 Å². The fourth-order valence-corrected chi connectivity index (χ4v) is 2.90. The highest BCUT2D eigenvalue weighted by molar-refractivity contribution is 5.40. The largest absolute Gasteiger partial charge is 0.378 e. The van der Waals surface area contributed by atoms with Gasteiger partial charge >= 0.3 is 0 Å². The van der Waals surface area contributed by atoms with Crippen molar-refractivity contribution in [2.75, 3.05) is 18.4 Å². The van der Waals surface area contributed by atoms with E-state index in [0.29, 0.717) is 12.1 Å². The minimum absolute atomic E-state index is 0.543. The Bertz CT molecular complexity index is 561. The molecule has 0 aliphatic carbocycles. The highest BCUT2D eigenvalue weighted by Gasteiger charge is 2.24. The Morgan fingerprint density at radius 2 is 2.10 bits per heavy atom. The molecule has 1 saturated heterocycles. The minimum atomic E-state index is 0.543. The van der Waals surface area contributed by atoms with Crippen molar-refractivity contribution < 1.29 is 0 Å². The smallest absolute Gasteiger partial charge is 0.0729 e. The molecule has 0 spiro atoms. The van der Waals surface area contributed by atoms with E-state index in [1.165, 1.54) is 18.5 Å². The van der Waals surface area contributed by atoms with Crippen LogP contribution in [0.25, 0.3) is 0 Å². The van der Waals surface area contributed by atoms with E-state index in [4.69, 9.17) is 0 Å². The lowest BCUT2D eigenvalue weighted by atomic mass is 10.2. The zero-order chi connectivity index (χ0) is 14.7. The zero-order valence-electron chi connectivity index (χ0n) is 12.9. The lowest BCUT2D eigenvalue weighted by molar-refractivity contribution is 0.274. The van der Waals surface area contributed by atoms with E-state index in [1.807, 2.05) is 16.9 Å². The van der Waals surface area contributed by atoms with E-state index < -0.39 is 0 Å². The second-order valence-corrected chi connectivity index (χ2v) is 6.13. The van der Waals surface area contributed by atoms with Crippen LogP contribution in [0.3, 0.4) is 0 Å². The minimum Gasteiger partial charge on any atom is -0.378 e. The van der Waals surface area contributed by atoms with Gasteiger partial charge in [-0.25, -0.2) is 0 Å². The highest BCUT2D eigenvalue weighted by atomic mass is 15.3. The maximum atomic E-state index is 4.45. The van der Waals surface area contributed by atoms with E-state index in [1.54, 1.807) is 0 Å². The molecule has 4 heteroatoms. The average molecular weight is 284 g/mol. The summed E-state index contributed by atoms with van der Waals surface area (Å²) in [6.45, 7) is 7.67. The number of aromatic nitrogens is 2. The van der Waals surface area contributed by atoms with Crippen LogP contribution in [0.4, 0.5) is 5.69 Å². The molecule has 1 fully saturated rings. The molecule has 4 nitrogen and oxygen atoms in total. The van der Waals surface area contributed by atoms with Gasteiger partial charge in [-0.3, -0.25) is 9.58 Å². The summed E-state index contributed by atoms with van der Waals surface area (Å²) in [6, 6.07) is 11.6. The Morgan fingerprint density at radius 1 is 1.29 bits per heavy atom. The van der Waals surface area contributed by atoms with Crippen LogP contribution in [0, 0.1) is 0 Å². The topological polar surface area (TPSA) is 33.1 Å². The SMILES string of the molecule is CC(C)N1CCC(Nc2cnn(Cc3ccccc3)c2)C1. The average Bonchev–Trinajstić information content (AvgIpc) is 3.10. The van der Waals surface area contributed by atoms with Gasteiger partial charge in [0.1, 0.15) is 0 Å². The number of hydrogen-bond acceptors (Lipinski definition) is 3. The molecular weight excluding hydrogens is 260 g/mol. The molecule has 21 heavy (non-hydrogen) atoms. The van der Waals surface area contributed by atoms with Crippen molar-refractivity contribution in [1.29, 1.82) is 0 Å². The number of benzene rings is 1. The second kappa shape index (κ2) is 6.31. The van der Waals surface area contributed by atoms with Gasteiger partial charge in [-0.15, -0.1) is 0 Å². The molecule has 0 radical (unpaired) electrons. The van der Waals surface area contributed by atoms with Gasteiger partial charge < -0.3 is 5.32 Å². The van der Waals surface area contributed by atoms with Crippen LogP contribution in [-0.2, 0) is 6.54 Å². The van der Waals surface area contributed by atoms with Gasteiger partial charge in [0.25, 0.3) is 0 Å². The van der Waals surface area contributed by atoms with E-state index >= 15 is 0 Å². The van der Waals surface area contributed by atoms with E-state index in [0.717, 1.165) is 18.8 Å². The molecule has 1 aromatic carbocycles. The van der Waals surface area contributed by atoms with Gasteiger partial charge in [0, 0.05) is 31.4 Å². The molecule has 0 amide bonds. The molecule has 2 aromatic rings. The summed E-state index contributed by atoms with van der Waals surface area (Å²) in [5.74, 6) is 0. The second-order valence-electron chi connectivity index (χ2n) is 6.13. The molecule has 1 atom stereocenters. The van der Waals surface area contributed by atoms with Crippen LogP contribution in [0.2, 0.25) is 0 Å². The molecule has 1 aliphatic heterocycles. The molecule has 2 heterocycles. The first-order chi connectivity index (χ1) is 10.2. The molecule has 1 aromatic heterocycles. The van der Waals surface area contributed by atoms with Crippen molar-refractivity contribution in [3.05, 3.63) is 48.3 Å². The number of likely N-dealkylation sites (tertiary alicyclic amines) is 1. The van der Waals surface area contributed by atoms with Crippen molar-refractivity contribution >= 4 is 5.69 Å². The summed E-state index contributed by atoms with van der Waals surface area (Å²) in [7, 11) is 0. The first kappa shape index (κ1) is 14.1. The number of rotatable bonds is 5. The molecule has 1 unspecified atom stereocenters. The van der Waals surface area contributed by atoms with Gasteiger partial charge in [-0.1, -0.05) is 30.3 Å². The van der Waals surface area contributed by atoms with Crippen LogP contribution >= 0.6 is 0 Å². The van der Waals surface area contributed by atoms with Crippen LogP contribution in [0.1, 0.15) is 25.8 Å². The van der Waals surface area contributed by atoms with Crippen molar-refractivity contribution in [3.63, 3.8) is 0 Å². The van der Waals surface area contributed by atoms with Gasteiger partial charge in [0.15, 0.2) is 0 Å². The fourth-order valence-electron chi connectivity index (χ4n) is 2.90. The third-order valence-corrected chi connectivity index (χ3v) is 4.14. The summed E-state index contributed by atoms with van der Waals surface area (Å²) >= 11 is 0. The predicted octanol–water partition coefficient (Wildman–Crippen LogP) is 2.83. The van der Waals surface area contributed by atoms with Crippen molar-refractivity contribution in [1.82, 2.24) is 14.7 Å². The monoisotopic (exact) mass is 284 g/mol. The lowest BCUT2D eigenvalue weighted by Crippen LogP contribution is -2.31. The summed E-state index contributed by atoms with van der Waals surface area (Å²) in [5, 5.41) is 8.06. The summed E-state index contributed by atoms with van der Waals surface area (Å²) in [5.41, 5.74) is 2.40. The molecule has 1 N–H and O–H groups in total. The molecule has 3 rings (SSSR count). The molecule has 1 aliphatic rings. The normalized spacial score (nSPS) is 19.3. The zero-order valence-corrected chi connectivity index (χ0v) is 12.9. The predicted molar refractivity (Wildman–Crippen MR) is 86.5 cm³/mol. The summed E-state index contributed by atoms with van der Waals surface area (Å²) in [4.78, 5) is 2.52. The third-order valence-electron chi connectivity index (χ3n) is 4.14. The van der Waals surface area contributed by atoms with E-state index in [2.05, 4.69) is 59.6 Å². The third kappa shape index (κ3) is 3.64. The van der Waals surface area contributed by atoms with Gasteiger partial charge in [-0.05, 0) is 25.8 Å². The molecule has 0 bridgehead atoms. The summed E-state index contributed by atoms with van der Waals surface area (Å²) < 4.78 is 1.99. The number of nitrogens with zero attached hydrogens (tertiary/aromatic N) is 3. The Morgan fingerprint density at radius 3 is 2.81 bits per heavy atom. The lowest BCUT2D eigenvalue weighted by Gasteiger charge is -2.20. The van der Waals surface area contributed by atoms with E-state index in [9.17, 15) is 0 Å². The molecular formula is C17H24N4. The van der Waals surface area contributed by atoms with Crippen LogP contribution in [0.5, 0.6) is 0 Å². The van der Waals surface area contributed by atoms with Crippen molar-refractivity contribution in [3.8, 4) is 0 Å². The first-order valence-corrected chi connectivity index (χ1v) is 7.77. The van der Waals surface area contributed by atoms with Crippen molar-refractivity contribution in [2.24, 2.45) is 0 Å². The van der Waals surface area contributed by atoms with Crippen LogP contribution in [-0.4, -0.2) is 39.9 Å². The fraction of sp³-hybridized carbons (Fsp3) is 0.471. The maximum Gasteiger partial charge on any atom is 0.0729 e. The quantitative estimate of drug-likeness (QED) is 0.916. The Balaban J connectivity index is 1.56. The Kier molecular flexibility index (Phi) is 4.25. The first-order valence-electron chi connectivity index (χ1n) is 7.77. The standard InChI is InChI=1S/C17H24N4/c1-14(2)20-9-8-16(12-20)19-17-10-18-21(13-17)11-15-6-4-3-5-7-15/h3-7,10,13-14,16,19H,8-9,11-12H2,1-2H3. The molecule has 112 valence electrons. The number of hydrogen-bond donors (Lipinski definition) is 1. The number of anilines is 1. The van der Waals surface area contributed by atoms with Crippen LogP contribution in [0.15, 0.2) is 42.7 Å². The Hall–Kier alpha value is -1.81. The highest BCUT2D eigenvalue weighted by Crippen LogP contribution is 2.17. The Labute approximate surface area is 126 Å².